The molecule has 1 rings (SSSR count). The first-order valence-electron chi connectivity index (χ1n) is 7.20. The molecule has 0 bridgehead atoms. The molecular weight excluding hydrogens is 415 g/mol. The topological polar surface area (TPSA) is 202 Å². The van der Waals surface area contributed by atoms with E-state index in [1.165, 1.54) is 24.3 Å². The van der Waals surface area contributed by atoms with Crippen molar-refractivity contribution in [1.29, 1.82) is 0 Å². The van der Waals surface area contributed by atoms with Crippen molar-refractivity contribution in [3.05, 3.63) is 35.4 Å². The largest absolute Gasteiger partial charge is 1.00 e. The number of amides is 1. The van der Waals surface area contributed by atoms with Crippen LogP contribution in [-0.4, -0.2) is 53.3 Å². The van der Waals surface area contributed by atoms with Crippen molar-refractivity contribution < 1.29 is 79.5 Å². The molecule has 0 unspecified atom stereocenters. The predicted molar refractivity (Wildman–Crippen MR) is 89.5 cm³/mol. The number of nitrogens with one attached hydrogen (secondary N) is 1. The van der Waals surface area contributed by atoms with Crippen molar-refractivity contribution in [2.75, 3.05) is 6.54 Å². The minimum Gasteiger partial charge on any atom is -1.00 e. The zero-order valence-corrected chi connectivity index (χ0v) is 18.1. The van der Waals surface area contributed by atoms with E-state index in [4.69, 9.17) is 24.7 Å². The molecule has 0 fully saturated rings. The third kappa shape index (κ3) is 7.40. The molecule has 0 saturated carbocycles. The van der Waals surface area contributed by atoms with Crippen LogP contribution in [0.1, 0.15) is 30.2 Å². The van der Waals surface area contributed by atoms with Gasteiger partial charge in [0.25, 0.3) is 11.0 Å². The Morgan fingerprint density at radius 2 is 1.52 bits per heavy atom. The van der Waals surface area contributed by atoms with E-state index in [0.29, 0.717) is 5.56 Å². The number of carbonyl (C=O) groups excluding carboxylic acids is 1. The smallest absolute Gasteiger partial charge is 1.00 e. The Balaban J connectivity index is 0. The minimum atomic E-state index is -5.52. The number of carbonyl (C=O) groups is 2. The van der Waals surface area contributed by atoms with Crippen molar-refractivity contribution in [3.8, 4) is 0 Å². The molecule has 0 spiro atoms. The summed E-state index contributed by atoms with van der Waals surface area (Å²) in [5, 5.41) is 17.2. The van der Waals surface area contributed by atoms with E-state index in [1.54, 1.807) is 0 Å². The van der Waals surface area contributed by atoms with Gasteiger partial charge in [-0.2, -0.15) is 0 Å². The Kier molecular flexibility index (Phi) is 10.0. The summed E-state index contributed by atoms with van der Waals surface area (Å²) in [6, 6.07) is 5.66. The van der Waals surface area contributed by atoms with E-state index in [2.05, 4.69) is 5.32 Å². The van der Waals surface area contributed by atoms with Gasteiger partial charge in [0.2, 0.25) is 0 Å². The Morgan fingerprint density at radius 3 is 1.93 bits per heavy atom. The number of benzene rings is 1. The third-order valence-electron chi connectivity index (χ3n) is 3.48. The van der Waals surface area contributed by atoms with E-state index in [0.717, 1.165) is 0 Å². The second-order valence-electron chi connectivity index (χ2n) is 5.49. The summed E-state index contributed by atoms with van der Waals surface area (Å²) >= 11 is 0. The van der Waals surface area contributed by atoms with Gasteiger partial charge in [0.05, 0.1) is 6.42 Å². The zero-order chi connectivity index (χ0) is 20.2. The van der Waals surface area contributed by atoms with Crippen molar-refractivity contribution in [2.45, 2.75) is 24.3 Å². The maximum absolute atomic E-state index is 11.9. The number of hydrogen-bond acceptors (Lipinski definition) is 5. The van der Waals surface area contributed by atoms with Gasteiger partial charge in [0, 0.05) is 18.5 Å². The number of rotatable bonds is 9. The molecule has 0 radical (unpaired) electrons. The molecule has 7 N–H and O–H groups in total. The molecule has 148 valence electrons. The van der Waals surface area contributed by atoms with E-state index in [-0.39, 0.29) is 55.9 Å². The van der Waals surface area contributed by atoms with Crippen molar-refractivity contribution >= 4 is 27.1 Å². The Hall–Kier alpha value is -0.580. The predicted octanol–water partition coefficient (Wildman–Crippen LogP) is -3.06. The number of aliphatic carboxylic acids is 1. The van der Waals surface area contributed by atoms with Crippen LogP contribution in [0, 0.1) is 0 Å². The van der Waals surface area contributed by atoms with Gasteiger partial charge in [-0.1, -0.05) is 12.1 Å². The molecule has 0 saturated heterocycles. The fourth-order valence-corrected chi connectivity index (χ4v) is 4.30. The number of carboxylic acid groups (broad SMARTS) is 1. The SMILES string of the molecule is O=C(O)Cc1ccc(C(=O)NCCCC(O)(P(=O)(O)O)P(=O)(O)O)cc1.[H-].[Na+]. The quantitative estimate of drug-likeness (QED) is 0.119. The van der Waals surface area contributed by atoms with Gasteiger partial charge < -0.3 is 36.5 Å². The van der Waals surface area contributed by atoms with Gasteiger partial charge in [-0.05, 0) is 24.1 Å². The van der Waals surface area contributed by atoms with Crippen molar-refractivity contribution in [3.63, 3.8) is 0 Å². The van der Waals surface area contributed by atoms with Crippen LogP contribution >= 0.6 is 15.2 Å². The summed E-state index contributed by atoms with van der Waals surface area (Å²) < 4.78 is 22.4. The van der Waals surface area contributed by atoms with E-state index >= 15 is 0 Å². The van der Waals surface area contributed by atoms with E-state index in [1.807, 2.05) is 0 Å². The minimum absolute atomic E-state index is 0. The molecule has 0 aromatic heterocycles. The fraction of sp³-hybridized carbons (Fsp3) is 0.385. The summed E-state index contributed by atoms with van der Waals surface area (Å²) in [5.41, 5.74) is 0.682. The molecule has 11 nitrogen and oxygen atoms in total. The molecule has 14 heteroatoms. The van der Waals surface area contributed by atoms with E-state index < -0.39 is 38.6 Å². The maximum atomic E-state index is 11.9. The normalized spacial score (nSPS) is 12.2. The van der Waals surface area contributed by atoms with Gasteiger partial charge >= 0.3 is 50.7 Å². The summed E-state index contributed by atoms with van der Waals surface area (Å²) in [7, 11) is -11.0. The molecule has 1 aromatic carbocycles. The van der Waals surface area contributed by atoms with Crippen LogP contribution in [0.25, 0.3) is 0 Å². The first-order valence-corrected chi connectivity index (χ1v) is 10.4. The Labute approximate surface area is 177 Å². The van der Waals surface area contributed by atoms with Gasteiger partial charge in [-0.3, -0.25) is 18.7 Å². The van der Waals surface area contributed by atoms with Crippen LogP contribution in [0.15, 0.2) is 24.3 Å². The van der Waals surface area contributed by atoms with Gasteiger partial charge in [-0.15, -0.1) is 0 Å². The van der Waals surface area contributed by atoms with Gasteiger partial charge in [-0.25, -0.2) is 0 Å². The van der Waals surface area contributed by atoms with Crippen LogP contribution in [0.3, 0.4) is 0 Å². The van der Waals surface area contributed by atoms with Crippen LogP contribution in [-0.2, 0) is 20.3 Å². The molecule has 1 aromatic rings. The molecule has 0 heterocycles. The Bertz CT molecular complexity index is 741. The van der Waals surface area contributed by atoms with Crippen LogP contribution < -0.4 is 34.9 Å². The first-order chi connectivity index (χ1) is 11.8. The fourth-order valence-electron chi connectivity index (χ4n) is 2.04. The van der Waals surface area contributed by atoms with Crippen LogP contribution in [0.2, 0.25) is 0 Å². The molecule has 0 aliphatic rings. The van der Waals surface area contributed by atoms with Crippen molar-refractivity contribution in [1.82, 2.24) is 5.32 Å². The average molecular weight is 435 g/mol. The molecule has 27 heavy (non-hydrogen) atoms. The standard InChI is InChI=1S/C13H19NO10P2.Na.H/c15-11(16)8-9-2-4-10(5-3-9)12(17)14-7-1-6-13(18,25(19,20)21)26(22,23)24;;/h2-5,18H,1,6-8H2,(H,14,17)(H,15,16)(H2,19,20,21)(H2,22,23,24);;/q;+1;-1. The molecule has 1 amide bonds. The van der Waals surface area contributed by atoms with Gasteiger partial charge in [0.15, 0.2) is 0 Å². The molecule has 0 aliphatic heterocycles. The third-order valence-corrected chi connectivity index (χ3v) is 7.36. The van der Waals surface area contributed by atoms with E-state index in [9.17, 15) is 23.8 Å². The summed E-state index contributed by atoms with van der Waals surface area (Å²) in [6.07, 6.45) is -1.44. The van der Waals surface area contributed by atoms with Crippen LogP contribution in [0.5, 0.6) is 0 Å². The van der Waals surface area contributed by atoms with Crippen LogP contribution in [0.4, 0.5) is 0 Å². The molecule has 0 aliphatic carbocycles. The summed E-state index contributed by atoms with van der Waals surface area (Å²) in [4.78, 5) is 58.4. The molecular formula is C13H20NNaO10P2. The Morgan fingerprint density at radius 1 is 1.04 bits per heavy atom. The van der Waals surface area contributed by atoms with Crippen molar-refractivity contribution in [2.24, 2.45) is 0 Å². The summed E-state index contributed by atoms with van der Waals surface area (Å²) in [6.45, 7) is -0.210. The second kappa shape index (κ2) is 10.3. The zero-order valence-electron chi connectivity index (χ0n) is 15.3. The maximum Gasteiger partial charge on any atom is 1.00 e. The monoisotopic (exact) mass is 435 g/mol. The summed E-state index contributed by atoms with van der Waals surface area (Å²) in [5.74, 6) is -1.60. The molecule has 0 atom stereocenters. The second-order valence-corrected chi connectivity index (χ2v) is 9.50. The number of aliphatic hydroxyl groups is 1. The first kappa shape index (κ1) is 26.4. The average Bonchev–Trinajstić information content (AvgIpc) is 2.49. The van der Waals surface area contributed by atoms with Gasteiger partial charge in [0.1, 0.15) is 0 Å². The number of carboxylic acids is 1. The number of hydrogen-bond donors (Lipinski definition) is 7.